The number of rotatable bonds is 6. The summed E-state index contributed by atoms with van der Waals surface area (Å²) in [5.74, 6) is 1.50. The second-order valence-corrected chi connectivity index (χ2v) is 6.03. The van der Waals surface area contributed by atoms with Crippen LogP contribution in [0.4, 0.5) is 11.6 Å². The zero-order chi connectivity index (χ0) is 15.2. The van der Waals surface area contributed by atoms with E-state index in [1.54, 1.807) is 6.07 Å². The van der Waals surface area contributed by atoms with E-state index < -0.39 is 0 Å². The third-order valence-corrected chi connectivity index (χ3v) is 4.10. The van der Waals surface area contributed by atoms with Crippen LogP contribution in [0, 0.1) is 0 Å². The predicted molar refractivity (Wildman–Crippen MR) is 89.9 cm³/mol. The van der Waals surface area contributed by atoms with Gasteiger partial charge < -0.3 is 15.0 Å². The summed E-state index contributed by atoms with van der Waals surface area (Å²) in [4.78, 5) is 6.82. The molecule has 118 valence electrons. The lowest BCUT2D eigenvalue weighted by Crippen LogP contribution is -2.40. The van der Waals surface area contributed by atoms with Crippen LogP contribution in [0.25, 0.3) is 0 Å². The van der Waals surface area contributed by atoms with E-state index in [9.17, 15) is 0 Å². The first-order valence-corrected chi connectivity index (χ1v) is 8.37. The predicted octanol–water partition coefficient (Wildman–Crippen LogP) is 4.22. The molecule has 0 aromatic carbocycles. The molecule has 1 N–H and O–H groups in total. The summed E-state index contributed by atoms with van der Waals surface area (Å²) < 4.78 is 5.74. The standard InChI is InChI=1S/C15H23Cl2N3O/c1-3-7-18-14-12(16)9-13(17)15(19-14)20-8-5-6-11(10-20)21-4-2/h9,11H,3-8,10H2,1-2H3,(H,18,19). The van der Waals surface area contributed by atoms with Gasteiger partial charge in [-0.25, -0.2) is 4.98 Å². The minimum atomic E-state index is 0.254. The summed E-state index contributed by atoms with van der Waals surface area (Å²) in [6.07, 6.45) is 3.45. The van der Waals surface area contributed by atoms with Gasteiger partial charge in [0.25, 0.3) is 0 Å². The van der Waals surface area contributed by atoms with Crippen LogP contribution < -0.4 is 10.2 Å². The van der Waals surface area contributed by atoms with Gasteiger partial charge in [-0.05, 0) is 32.3 Å². The van der Waals surface area contributed by atoms with E-state index >= 15 is 0 Å². The average Bonchev–Trinajstić information content (AvgIpc) is 2.47. The van der Waals surface area contributed by atoms with Crippen molar-refractivity contribution >= 4 is 34.8 Å². The highest BCUT2D eigenvalue weighted by molar-refractivity contribution is 6.37. The molecule has 0 spiro atoms. The number of halogens is 2. The molecule has 0 bridgehead atoms. The number of nitrogens with zero attached hydrogens (tertiary/aromatic N) is 2. The van der Waals surface area contributed by atoms with Crippen molar-refractivity contribution in [2.24, 2.45) is 0 Å². The van der Waals surface area contributed by atoms with Crippen LogP contribution >= 0.6 is 23.2 Å². The van der Waals surface area contributed by atoms with E-state index in [0.29, 0.717) is 15.9 Å². The van der Waals surface area contributed by atoms with Crippen molar-refractivity contribution in [1.29, 1.82) is 0 Å². The molecule has 0 saturated carbocycles. The summed E-state index contributed by atoms with van der Waals surface area (Å²) in [5.41, 5.74) is 0. The second kappa shape index (κ2) is 8.06. The summed E-state index contributed by atoms with van der Waals surface area (Å²) in [6.45, 7) is 7.49. The van der Waals surface area contributed by atoms with Crippen molar-refractivity contribution in [1.82, 2.24) is 4.98 Å². The van der Waals surface area contributed by atoms with E-state index in [2.05, 4.69) is 22.1 Å². The van der Waals surface area contributed by atoms with Gasteiger partial charge in [0.05, 0.1) is 16.1 Å². The first kappa shape index (κ1) is 16.7. The molecule has 4 nitrogen and oxygen atoms in total. The first-order chi connectivity index (χ1) is 10.2. The molecule has 0 aliphatic carbocycles. The van der Waals surface area contributed by atoms with E-state index in [4.69, 9.17) is 27.9 Å². The highest BCUT2D eigenvalue weighted by Crippen LogP contribution is 2.33. The summed E-state index contributed by atoms with van der Waals surface area (Å²) >= 11 is 12.5. The molecule has 1 fully saturated rings. The summed E-state index contributed by atoms with van der Waals surface area (Å²) in [7, 11) is 0. The monoisotopic (exact) mass is 331 g/mol. The number of piperidine rings is 1. The molecule has 1 aromatic heterocycles. The Balaban J connectivity index is 2.17. The number of nitrogens with one attached hydrogen (secondary N) is 1. The normalized spacial score (nSPS) is 18.9. The Morgan fingerprint density at radius 3 is 2.90 bits per heavy atom. The lowest BCUT2D eigenvalue weighted by Gasteiger charge is -2.34. The Kier molecular flexibility index (Phi) is 6.40. The molecule has 0 amide bonds. The van der Waals surface area contributed by atoms with E-state index in [1.807, 2.05) is 6.92 Å². The van der Waals surface area contributed by atoms with Gasteiger partial charge in [0.2, 0.25) is 0 Å². The minimum Gasteiger partial charge on any atom is -0.377 e. The third kappa shape index (κ3) is 4.38. The number of aromatic nitrogens is 1. The number of hydrogen-bond acceptors (Lipinski definition) is 4. The van der Waals surface area contributed by atoms with Crippen molar-refractivity contribution in [2.45, 2.75) is 39.2 Å². The Morgan fingerprint density at radius 2 is 2.19 bits per heavy atom. The fraction of sp³-hybridized carbons (Fsp3) is 0.667. The molecule has 1 atom stereocenters. The van der Waals surface area contributed by atoms with Crippen LogP contribution in [-0.4, -0.2) is 37.3 Å². The fourth-order valence-corrected chi connectivity index (χ4v) is 3.09. The van der Waals surface area contributed by atoms with Gasteiger partial charge in [-0.15, -0.1) is 0 Å². The Hall–Kier alpha value is -0.710. The van der Waals surface area contributed by atoms with Crippen LogP contribution in [0.5, 0.6) is 0 Å². The van der Waals surface area contributed by atoms with Gasteiger partial charge in [0.15, 0.2) is 0 Å². The van der Waals surface area contributed by atoms with E-state index in [-0.39, 0.29) is 6.10 Å². The van der Waals surface area contributed by atoms with Gasteiger partial charge in [-0.1, -0.05) is 30.1 Å². The van der Waals surface area contributed by atoms with Crippen molar-refractivity contribution in [3.05, 3.63) is 16.1 Å². The smallest absolute Gasteiger partial charge is 0.150 e. The molecule has 1 aliphatic heterocycles. The summed E-state index contributed by atoms with van der Waals surface area (Å²) in [5, 5.41) is 4.41. The maximum Gasteiger partial charge on any atom is 0.150 e. The lowest BCUT2D eigenvalue weighted by atomic mass is 10.1. The van der Waals surface area contributed by atoms with E-state index in [1.165, 1.54) is 0 Å². The Labute approximate surface area is 136 Å². The SMILES string of the molecule is CCCNc1nc(N2CCCC(OCC)C2)c(Cl)cc1Cl. The second-order valence-electron chi connectivity index (χ2n) is 5.22. The van der Waals surface area contributed by atoms with Gasteiger partial charge in [0, 0.05) is 26.2 Å². The van der Waals surface area contributed by atoms with Gasteiger partial charge in [-0.2, -0.15) is 0 Å². The minimum absolute atomic E-state index is 0.254. The van der Waals surface area contributed by atoms with Crippen molar-refractivity contribution in [2.75, 3.05) is 36.5 Å². The fourth-order valence-electron chi connectivity index (χ4n) is 2.55. The van der Waals surface area contributed by atoms with Crippen molar-refractivity contribution in [3.8, 4) is 0 Å². The van der Waals surface area contributed by atoms with Crippen LogP contribution in [0.1, 0.15) is 33.1 Å². The average molecular weight is 332 g/mol. The summed E-state index contributed by atoms with van der Waals surface area (Å²) in [6, 6.07) is 1.77. The highest BCUT2D eigenvalue weighted by atomic mass is 35.5. The first-order valence-electron chi connectivity index (χ1n) is 7.62. The molecule has 1 aliphatic rings. The van der Waals surface area contributed by atoms with Gasteiger partial charge >= 0.3 is 0 Å². The lowest BCUT2D eigenvalue weighted by molar-refractivity contribution is 0.0525. The number of hydrogen-bond donors (Lipinski definition) is 1. The van der Waals surface area contributed by atoms with E-state index in [0.717, 1.165) is 51.3 Å². The molecule has 6 heteroatoms. The molecule has 1 unspecified atom stereocenters. The highest BCUT2D eigenvalue weighted by Gasteiger charge is 2.23. The molecule has 2 heterocycles. The molecule has 1 aromatic rings. The van der Waals surface area contributed by atoms with Gasteiger partial charge in [-0.3, -0.25) is 0 Å². The molecule has 0 radical (unpaired) electrons. The van der Waals surface area contributed by atoms with Crippen molar-refractivity contribution in [3.63, 3.8) is 0 Å². The van der Waals surface area contributed by atoms with Crippen LogP contribution in [0.15, 0.2) is 6.07 Å². The van der Waals surface area contributed by atoms with Crippen LogP contribution in [0.2, 0.25) is 10.0 Å². The largest absolute Gasteiger partial charge is 0.377 e. The zero-order valence-corrected chi connectivity index (χ0v) is 14.2. The molecule has 21 heavy (non-hydrogen) atoms. The molecular formula is C15H23Cl2N3O. The quantitative estimate of drug-likeness (QED) is 0.846. The number of anilines is 2. The van der Waals surface area contributed by atoms with Crippen molar-refractivity contribution < 1.29 is 4.74 Å². The van der Waals surface area contributed by atoms with Gasteiger partial charge in [0.1, 0.15) is 11.6 Å². The molecular weight excluding hydrogens is 309 g/mol. The number of pyridine rings is 1. The topological polar surface area (TPSA) is 37.4 Å². The maximum absolute atomic E-state index is 6.34. The Bertz CT molecular complexity index is 468. The Morgan fingerprint density at radius 1 is 1.38 bits per heavy atom. The maximum atomic E-state index is 6.34. The molecule has 1 saturated heterocycles. The molecule has 2 rings (SSSR count). The van der Waals surface area contributed by atoms with Crippen LogP contribution in [0.3, 0.4) is 0 Å². The zero-order valence-electron chi connectivity index (χ0n) is 12.7. The number of ether oxygens (including phenoxy) is 1. The van der Waals surface area contributed by atoms with Crippen LogP contribution in [-0.2, 0) is 4.74 Å². The third-order valence-electron chi connectivity index (χ3n) is 3.53.